The first-order chi connectivity index (χ1) is 4.98. The lowest BCUT2D eigenvalue weighted by molar-refractivity contribution is -0.896. The van der Waals surface area contributed by atoms with E-state index in [-0.39, 0.29) is 0 Å². The van der Waals surface area contributed by atoms with Crippen molar-refractivity contribution in [1.82, 2.24) is 0 Å². The van der Waals surface area contributed by atoms with Gasteiger partial charge in [0.25, 0.3) is 0 Å². The third kappa shape index (κ3) is 5.22. The third-order valence-corrected chi connectivity index (χ3v) is 2.10. The van der Waals surface area contributed by atoms with E-state index in [9.17, 15) is 0 Å². The van der Waals surface area contributed by atoms with Crippen molar-refractivity contribution in [2.45, 2.75) is 38.8 Å². The van der Waals surface area contributed by atoms with Crippen molar-refractivity contribution in [2.75, 3.05) is 21.1 Å². The number of nitrogens with zero attached hydrogens (tertiary/aromatic N) is 1. The number of hydrogen-bond acceptors (Lipinski definition) is 1. The Morgan fingerprint density at radius 3 is 2.09 bits per heavy atom. The Bertz CT molecular complexity index is 94.2. The first-order valence-corrected chi connectivity index (χ1v) is 4.55. The molecule has 0 aliphatic carbocycles. The molecule has 0 aromatic heterocycles. The maximum absolute atomic E-state index is 5.96. The highest BCUT2D eigenvalue weighted by Crippen LogP contribution is 2.07. The van der Waals surface area contributed by atoms with E-state index in [1.807, 2.05) is 0 Å². The van der Waals surface area contributed by atoms with Crippen LogP contribution in [0.25, 0.3) is 0 Å². The number of quaternary nitrogens is 1. The molecule has 0 aromatic carbocycles. The summed E-state index contributed by atoms with van der Waals surface area (Å²) in [4.78, 5) is 0. The van der Waals surface area contributed by atoms with Gasteiger partial charge in [-0.2, -0.15) is 0 Å². The summed E-state index contributed by atoms with van der Waals surface area (Å²) in [5.41, 5.74) is 5.96. The van der Waals surface area contributed by atoms with Gasteiger partial charge in [0.1, 0.15) is 6.17 Å². The quantitative estimate of drug-likeness (QED) is 0.368. The van der Waals surface area contributed by atoms with Crippen LogP contribution < -0.4 is 5.73 Å². The van der Waals surface area contributed by atoms with Crippen LogP contribution in [0.1, 0.15) is 32.6 Å². The minimum absolute atomic E-state index is 0.307. The lowest BCUT2D eigenvalue weighted by Crippen LogP contribution is -2.50. The highest BCUT2D eigenvalue weighted by Gasteiger charge is 2.17. The van der Waals surface area contributed by atoms with Crippen molar-refractivity contribution >= 4 is 0 Å². The summed E-state index contributed by atoms with van der Waals surface area (Å²) < 4.78 is 0.879. The van der Waals surface area contributed by atoms with Crippen LogP contribution in [0.2, 0.25) is 0 Å². The average molecular weight is 159 g/mol. The molecule has 0 saturated carbocycles. The largest absolute Gasteiger partial charge is 0.316 e. The second-order valence-electron chi connectivity index (χ2n) is 4.18. The summed E-state index contributed by atoms with van der Waals surface area (Å²) in [7, 11) is 6.45. The Morgan fingerprint density at radius 1 is 1.18 bits per heavy atom. The van der Waals surface area contributed by atoms with Crippen LogP contribution in [0.5, 0.6) is 0 Å². The minimum Gasteiger partial charge on any atom is -0.316 e. The molecule has 1 atom stereocenters. The second-order valence-corrected chi connectivity index (χ2v) is 4.18. The van der Waals surface area contributed by atoms with Gasteiger partial charge in [-0.1, -0.05) is 19.8 Å². The van der Waals surface area contributed by atoms with Gasteiger partial charge in [0.15, 0.2) is 0 Å². The van der Waals surface area contributed by atoms with Crippen molar-refractivity contribution in [3.8, 4) is 0 Å². The predicted molar refractivity (Wildman–Crippen MR) is 50.1 cm³/mol. The van der Waals surface area contributed by atoms with Crippen molar-refractivity contribution in [3.63, 3.8) is 0 Å². The van der Waals surface area contributed by atoms with E-state index in [2.05, 4.69) is 28.1 Å². The Kier molecular flexibility index (Phi) is 4.69. The van der Waals surface area contributed by atoms with Gasteiger partial charge < -0.3 is 4.48 Å². The van der Waals surface area contributed by atoms with Gasteiger partial charge in [0, 0.05) is 6.42 Å². The second kappa shape index (κ2) is 4.73. The zero-order valence-corrected chi connectivity index (χ0v) is 8.43. The minimum atomic E-state index is 0.307. The summed E-state index contributed by atoms with van der Waals surface area (Å²) >= 11 is 0. The zero-order chi connectivity index (χ0) is 8.91. The molecule has 2 N–H and O–H groups in total. The number of unbranched alkanes of at least 4 members (excludes halogenated alkanes) is 2. The summed E-state index contributed by atoms with van der Waals surface area (Å²) in [5.74, 6) is 0. The molecule has 0 saturated heterocycles. The molecule has 0 fully saturated rings. The molecule has 0 bridgehead atoms. The Labute approximate surface area is 71.0 Å². The Morgan fingerprint density at radius 2 is 1.73 bits per heavy atom. The molecule has 68 valence electrons. The molecule has 0 heterocycles. The molecule has 0 aliphatic rings. The van der Waals surface area contributed by atoms with E-state index >= 15 is 0 Å². The smallest absolute Gasteiger partial charge is 0.139 e. The standard InChI is InChI=1S/C9H23N2/c1-5-6-7-8-9(10)11(2,3)4/h9H,5-8,10H2,1-4H3/q+1. The van der Waals surface area contributed by atoms with Gasteiger partial charge in [-0.3, -0.25) is 5.73 Å². The lowest BCUT2D eigenvalue weighted by atomic mass is 10.1. The van der Waals surface area contributed by atoms with Gasteiger partial charge in [-0.25, -0.2) is 0 Å². The predicted octanol–water partition coefficient (Wildman–Crippen LogP) is 1.56. The fraction of sp³-hybridized carbons (Fsp3) is 1.00. The van der Waals surface area contributed by atoms with Crippen LogP contribution >= 0.6 is 0 Å². The van der Waals surface area contributed by atoms with Crippen molar-refractivity contribution in [3.05, 3.63) is 0 Å². The molecule has 0 aromatic rings. The van der Waals surface area contributed by atoms with E-state index in [1.165, 1.54) is 19.3 Å². The molecule has 0 rings (SSSR count). The van der Waals surface area contributed by atoms with Crippen LogP contribution in [0, 0.1) is 0 Å². The number of hydrogen-bond donors (Lipinski definition) is 1. The highest BCUT2D eigenvalue weighted by molar-refractivity contribution is 4.48. The highest BCUT2D eigenvalue weighted by atomic mass is 15.4. The molecular formula is C9H23N2+. The van der Waals surface area contributed by atoms with E-state index < -0.39 is 0 Å². The van der Waals surface area contributed by atoms with Gasteiger partial charge in [0.2, 0.25) is 0 Å². The van der Waals surface area contributed by atoms with Gasteiger partial charge in [-0.05, 0) is 6.42 Å². The lowest BCUT2D eigenvalue weighted by Gasteiger charge is -2.31. The van der Waals surface area contributed by atoms with E-state index in [0.717, 1.165) is 10.9 Å². The molecule has 2 nitrogen and oxygen atoms in total. The first-order valence-electron chi connectivity index (χ1n) is 4.55. The van der Waals surface area contributed by atoms with E-state index in [4.69, 9.17) is 5.73 Å². The summed E-state index contributed by atoms with van der Waals surface area (Å²) in [6.07, 6.45) is 5.32. The van der Waals surface area contributed by atoms with Crippen molar-refractivity contribution in [1.29, 1.82) is 0 Å². The normalized spacial score (nSPS) is 15.0. The van der Waals surface area contributed by atoms with Crippen LogP contribution in [0.3, 0.4) is 0 Å². The van der Waals surface area contributed by atoms with Gasteiger partial charge in [0.05, 0.1) is 21.1 Å². The maximum Gasteiger partial charge on any atom is 0.139 e. The molecule has 11 heavy (non-hydrogen) atoms. The summed E-state index contributed by atoms with van der Waals surface area (Å²) in [6, 6.07) is 0. The van der Waals surface area contributed by atoms with E-state index in [1.54, 1.807) is 0 Å². The molecular weight excluding hydrogens is 136 g/mol. The monoisotopic (exact) mass is 159 g/mol. The SMILES string of the molecule is CCCCCC(N)[N+](C)(C)C. The van der Waals surface area contributed by atoms with Gasteiger partial charge in [-0.15, -0.1) is 0 Å². The molecule has 0 amide bonds. The topological polar surface area (TPSA) is 26.0 Å². The first kappa shape index (κ1) is 10.9. The Hall–Kier alpha value is -0.0800. The van der Waals surface area contributed by atoms with Gasteiger partial charge >= 0.3 is 0 Å². The maximum atomic E-state index is 5.96. The fourth-order valence-corrected chi connectivity index (χ4v) is 0.991. The molecule has 0 aliphatic heterocycles. The molecule has 0 radical (unpaired) electrons. The van der Waals surface area contributed by atoms with E-state index in [0.29, 0.717) is 6.17 Å². The number of nitrogens with two attached hydrogens (primary N) is 1. The van der Waals surface area contributed by atoms with Crippen molar-refractivity contribution in [2.24, 2.45) is 5.73 Å². The van der Waals surface area contributed by atoms with Crippen LogP contribution in [0.15, 0.2) is 0 Å². The van der Waals surface area contributed by atoms with Crippen molar-refractivity contribution < 1.29 is 4.48 Å². The van der Waals surface area contributed by atoms with Crippen LogP contribution in [-0.2, 0) is 0 Å². The fourth-order valence-electron chi connectivity index (χ4n) is 0.991. The molecule has 1 unspecified atom stereocenters. The van der Waals surface area contributed by atoms with Crippen LogP contribution in [0.4, 0.5) is 0 Å². The summed E-state index contributed by atoms with van der Waals surface area (Å²) in [6.45, 7) is 2.22. The third-order valence-electron chi connectivity index (χ3n) is 2.10. The van der Waals surface area contributed by atoms with Crippen LogP contribution in [-0.4, -0.2) is 31.8 Å². The summed E-state index contributed by atoms with van der Waals surface area (Å²) in [5, 5.41) is 0. The molecule has 2 heteroatoms. The Balaban J connectivity index is 3.44. The average Bonchev–Trinajstić information content (AvgIpc) is 1.86. The zero-order valence-electron chi connectivity index (χ0n) is 8.43. The number of rotatable bonds is 5. The molecule has 0 spiro atoms.